The number of ether oxygens (including phenoxy) is 1. The zero-order valence-electron chi connectivity index (χ0n) is 9.93. The van der Waals surface area contributed by atoms with Gasteiger partial charge in [-0.1, -0.05) is 0 Å². The molecule has 1 amide bonds. The number of nitrogens with one attached hydrogen (secondary N) is 1. The van der Waals surface area contributed by atoms with Crippen molar-refractivity contribution >= 4 is 5.91 Å². The topological polar surface area (TPSA) is 54.5 Å². The summed E-state index contributed by atoms with van der Waals surface area (Å²) in [6.45, 7) is 2.47. The molecule has 0 radical (unpaired) electrons. The Morgan fingerprint density at radius 1 is 1.59 bits per heavy atom. The smallest absolute Gasteiger partial charge is 0.242 e. The molecule has 1 atom stereocenters. The molecule has 1 N–H and O–H groups in total. The lowest BCUT2D eigenvalue weighted by Crippen LogP contribution is -2.51. The van der Waals surface area contributed by atoms with Crippen molar-refractivity contribution in [1.82, 2.24) is 15.2 Å². The molecule has 0 bridgehead atoms. The predicted molar refractivity (Wildman–Crippen MR) is 63.3 cm³/mol. The molecule has 17 heavy (non-hydrogen) atoms. The number of carbonyl (C=O) groups is 1. The van der Waals surface area contributed by atoms with Gasteiger partial charge in [0.05, 0.1) is 13.2 Å². The van der Waals surface area contributed by atoms with Crippen LogP contribution in [-0.4, -0.2) is 48.6 Å². The molecule has 0 spiro atoms. The second-order valence-corrected chi connectivity index (χ2v) is 4.13. The summed E-state index contributed by atoms with van der Waals surface area (Å²) in [5.74, 6) is 0.0708. The molecule has 5 heteroatoms. The summed E-state index contributed by atoms with van der Waals surface area (Å²) in [6.07, 6.45) is 3.46. The first kappa shape index (κ1) is 12.0. The van der Waals surface area contributed by atoms with Gasteiger partial charge in [-0.05, 0) is 17.7 Å². The molecule has 1 fully saturated rings. The third kappa shape index (κ3) is 3.25. The third-order valence-corrected chi connectivity index (χ3v) is 2.77. The molecular weight excluding hydrogens is 218 g/mol. The maximum absolute atomic E-state index is 12.1. The Hall–Kier alpha value is -1.46. The van der Waals surface area contributed by atoms with Crippen LogP contribution in [0, 0.1) is 0 Å². The molecule has 1 aliphatic heterocycles. The van der Waals surface area contributed by atoms with Crippen LogP contribution in [-0.2, 0) is 16.1 Å². The first-order valence-corrected chi connectivity index (χ1v) is 5.72. The van der Waals surface area contributed by atoms with Crippen LogP contribution in [0.5, 0.6) is 0 Å². The summed E-state index contributed by atoms with van der Waals surface area (Å²) < 4.78 is 5.28. The Kier molecular flexibility index (Phi) is 4.06. The van der Waals surface area contributed by atoms with Gasteiger partial charge in [-0.15, -0.1) is 0 Å². The molecule has 1 aromatic heterocycles. The molecule has 1 aromatic rings. The fraction of sp³-hybridized carbons (Fsp3) is 0.500. The van der Waals surface area contributed by atoms with Gasteiger partial charge in [0.15, 0.2) is 0 Å². The zero-order valence-corrected chi connectivity index (χ0v) is 9.93. The van der Waals surface area contributed by atoms with E-state index < -0.39 is 0 Å². The Bertz CT molecular complexity index is 363. The van der Waals surface area contributed by atoms with Gasteiger partial charge in [0.25, 0.3) is 0 Å². The Morgan fingerprint density at radius 3 is 3.00 bits per heavy atom. The van der Waals surface area contributed by atoms with Crippen LogP contribution in [0.3, 0.4) is 0 Å². The number of aromatic nitrogens is 1. The largest absolute Gasteiger partial charge is 0.378 e. The van der Waals surface area contributed by atoms with Gasteiger partial charge >= 0.3 is 0 Å². The monoisotopic (exact) mass is 235 g/mol. The second-order valence-electron chi connectivity index (χ2n) is 4.13. The van der Waals surface area contributed by atoms with Crippen molar-refractivity contribution in [3.05, 3.63) is 30.1 Å². The van der Waals surface area contributed by atoms with E-state index in [0.29, 0.717) is 19.8 Å². The maximum Gasteiger partial charge on any atom is 0.242 e. The lowest BCUT2D eigenvalue weighted by atomic mass is 10.2. The molecule has 5 nitrogen and oxygen atoms in total. The van der Waals surface area contributed by atoms with Crippen LogP contribution in [0.2, 0.25) is 0 Å². The molecular formula is C12H17N3O2. The van der Waals surface area contributed by atoms with Crippen LogP contribution in [0.25, 0.3) is 0 Å². The van der Waals surface area contributed by atoms with E-state index in [4.69, 9.17) is 4.74 Å². The van der Waals surface area contributed by atoms with Gasteiger partial charge in [-0.3, -0.25) is 9.78 Å². The van der Waals surface area contributed by atoms with E-state index in [0.717, 1.165) is 12.1 Å². The first-order chi connectivity index (χ1) is 8.27. The van der Waals surface area contributed by atoms with Gasteiger partial charge in [0.2, 0.25) is 5.91 Å². The molecule has 1 saturated heterocycles. The van der Waals surface area contributed by atoms with Crippen molar-refractivity contribution in [3.63, 3.8) is 0 Å². The zero-order chi connectivity index (χ0) is 12.1. The number of carbonyl (C=O) groups excluding carboxylic acids is 1. The summed E-state index contributed by atoms with van der Waals surface area (Å²) >= 11 is 0. The number of likely N-dealkylation sites (N-methyl/N-ethyl adjacent to an activating group) is 1. The standard InChI is InChI=1S/C12H17N3O2/c1-15(8-10-2-4-13-5-3-10)12(16)11-9-17-7-6-14-11/h2-5,11,14H,6-9H2,1H3. The summed E-state index contributed by atoms with van der Waals surface area (Å²) in [6, 6.07) is 3.61. The minimum Gasteiger partial charge on any atom is -0.378 e. The Balaban J connectivity index is 1.90. The van der Waals surface area contributed by atoms with E-state index >= 15 is 0 Å². The second kappa shape index (κ2) is 5.75. The summed E-state index contributed by atoms with van der Waals surface area (Å²) in [5.41, 5.74) is 1.08. The number of hydrogen-bond donors (Lipinski definition) is 1. The number of amides is 1. The van der Waals surface area contributed by atoms with Gasteiger partial charge in [-0.2, -0.15) is 0 Å². The lowest BCUT2D eigenvalue weighted by Gasteiger charge is -2.27. The molecule has 1 aliphatic rings. The van der Waals surface area contributed by atoms with E-state index in [1.807, 2.05) is 12.1 Å². The van der Waals surface area contributed by atoms with E-state index in [-0.39, 0.29) is 11.9 Å². The highest BCUT2D eigenvalue weighted by Crippen LogP contribution is 2.04. The summed E-state index contributed by atoms with van der Waals surface area (Å²) in [4.78, 5) is 17.7. The maximum atomic E-state index is 12.1. The van der Waals surface area contributed by atoms with E-state index in [9.17, 15) is 4.79 Å². The van der Waals surface area contributed by atoms with E-state index in [1.165, 1.54) is 0 Å². The molecule has 92 valence electrons. The number of rotatable bonds is 3. The average molecular weight is 235 g/mol. The number of hydrogen-bond acceptors (Lipinski definition) is 4. The Morgan fingerprint density at radius 2 is 2.35 bits per heavy atom. The highest BCUT2D eigenvalue weighted by molar-refractivity contribution is 5.81. The predicted octanol–water partition coefficient (Wildman–Crippen LogP) is 0.0284. The van der Waals surface area contributed by atoms with Crippen LogP contribution in [0.15, 0.2) is 24.5 Å². The SMILES string of the molecule is CN(Cc1ccncc1)C(=O)C1COCCN1. The quantitative estimate of drug-likeness (QED) is 0.803. The highest BCUT2D eigenvalue weighted by Gasteiger charge is 2.24. The van der Waals surface area contributed by atoms with E-state index in [2.05, 4.69) is 10.3 Å². The molecule has 2 heterocycles. The van der Waals surface area contributed by atoms with Crippen molar-refractivity contribution in [2.24, 2.45) is 0 Å². The van der Waals surface area contributed by atoms with Crippen LogP contribution in [0.1, 0.15) is 5.56 Å². The fourth-order valence-electron chi connectivity index (χ4n) is 1.83. The fourth-order valence-corrected chi connectivity index (χ4v) is 1.83. The molecule has 0 aliphatic carbocycles. The van der Waals surface area contributed by atoms with Gasteiger partial charge in [0.1, 0.15) is 6.04 Å². The molecule has 1 unspecified atom stereocenters. The molecule has 0 aromatic carbocycles. The lowest BCUT2D eigenvalue weighted by molar-refractivity contribution is -0.135. The van der Waals surface area contributed by atoms with Crippen LogP contribution in [0.4, 0.5) is 0 Å². The van der Waals surface area contributed by atoms with Crippen LogP contribution < -0.4 is 5.32 Å². The normalized spacial score (nSPS) is 19.9. The molecule has 2 rings (SSSR count). The number of pyridine rings is 1. The average Bonchev–Trinajstić information content (AvgIpc) is 2.40. The van der Waals surface area contributed by atoms with Crippen LogP contribution >= 0.6 is 0 Å². The van der Waals surface area contributed by atoms with Crippen molar-refractivity contribution in [3.8, 4) is 0 Å². The minimum absolute atomic E-state index is 0.0708. The summed E-state index contributed by atoms with van der Waals surface area (Å²) in [7, 11) is 1.80. The summed E-state index contributed by atoms with van der Waals surface area (Å²) in [5, 5.41) is 3.16. The third-order valence-electron chi connectivity index (χ3n) is 2.77. The van der Waals surface area contributed by atoms with Crippen molar-refractivity contribution in [2.75, 3.05) is 26.8 Å². The van der Waals surface area contributed by atoms with E-state index in [1.54, 1.807) is 24.3 Å². The van der Waals surface area contributed by atoms with Gasteiger partial charge in [0, 0.05) is 32.5 Å². The first-order valence-electron chi connectivity index (χ1n) is 5.72. The Labute approximate surface area is 101 Å². The molecule has 0 saturated carbocycles. The minimum atomic E-state index is -0.212. The number of nitrogens with zero attached hydrogens (tertiary/aromatic N) is 2. The van der Waals surface area contributed by atoms with Crippen molar-refractivity contribution < 1.29 is 9.53 Å². The van der Waals surface area contributed by atoms with Gasteiger partial charge < -0.3 is 15.0 Å². The van der Waals surface area contributed by atoms with Crippen molar-refractivity contribution in [2.45, 2.75) is 12.6 Å². The van der Waals surface area contributed by atoms with Gasteiger partial charge in [-0.25, -0.2) is 0 Å². The van der Waals surface area contributed by atoms with Crippen molar-refractivity contribution in [1.29, 1.82) is 0 Å². The number of morpholine rings is 1. The highest BCUT2D eigenvalue weighted by atomic mass is 16.5.